The molecule has 3 heteroatoms. The lowest BCUT2D eigenvalue weighted by Gasteiger charge is -2.36. The normalized spacial score (nSPS) is 28.9. The fourth-order valence-corrected chi connectivity index (χ4v) is 3.20. The molecule has 3 nitrogen and oxygen atoms in total. The van der Waals surface area contributed by atoms with Gasteiger partial charge in [0.2, 0.25) is 0 Å². The third kappa shape index (κ3) is 4.57. The van der Waals surface area contributed by atoms with Crippen LogP contribution in [0.15, 0.2) is 0 Å². The highest BCUT2D eigenvalue weighted by Gasteiger charge is 2.29. The lowest BCUT2D eigenvalue weighted by Crippen LogP contribution is -2.46. The van der Waals surface area contributed by atoms with E-state index in [1.165, 1.54) is 32.1 Å². The first-order chi connectivity index (χ1) is 8.22. The van der Waals surface area contributed by atoms with E-state index >= 15 is 0 Å². The van der Waals surface area contributed by atoms with Gasteiger partial charge in [-0.15, -0.1) is 0 Å². The Labute approximate surface area is 106 Å². The van der Waals surface area contributed by atoms with E-state index < -0.39 is 0 Å². The zero-order valence-corrected chi connectivity index (χ0v) is 11.7. The first kappa shape index (κ1) is 14.9. The van der Waals surface area contributed by atoms with Crippen LogP contribution in [0.3, 0.4) is 0 Å². The van der Waals surface area contributed by atoms with E-state index in [0.717, 1.165) is 24.9 Å². The molecule has 0 heterocycles. The van der Waals surface area contributed by atoms with Gasteiger partial charge < -0.3 is 4.74 Å². The highest BCUT2D eigenvalue weighted by atomic mass is 16.5. The van der Waals surface area contributed by atoms with Gasteiger partial charge in [-0.25, -0.2) is 0 Å². The average Bonchev–Trinajstić information content (AvgIpc) is 2.38. The Hall–Kier alpha value is -0.120. The summed E-state index contributed by atoms with van der Waals surface area (Å²) in [6.07, 6.45) is 7.88. The maximum absolute atomic E-state index is 5.75. The van der Waals surface area contributed by atoms with Crippen molar-refractivity contribution in [1.29, 1.82) is 0 Å². The minimum Gasteiger partial charge on any atom is -0.385 e. The van der Waals surface area contributed by atoms with Crippen molar-refractivity contribution in [2.24, 2.45) is 23.6 Å². The van der Waals surface area contributed by atoms with Crippen LogP contribution in [0.2, 0.25) is 0 Å². The minimum atomic E-state index is 0.461. The number of nitrogens with one attached hydrogen (secondary N) is 1. The highest BCUT2D eigenvalue weighted by Crippen LogP contribution is 2.34. The van der Waals surface area contributed by atoms with Gasteiger partial charge in [-0.2, -0.15) is 0 Å². The lowest BCUT2D eigenvalue weighted by atomic mass is 9.74. The molecule has 2 atom stereocenters. The molecule has 0 amide bonds. The molecule has 102 valence electrons. The van der Waals surface area contributed by atoms with Crippen molar-refractivity contribution in [3.8, 4) is 0 Å². The summed E-state index contributed by atoms with van der Waals surface area (Å²) < 4.78 is 5.16. The van der Waals surface area contributed by atoms with Crippen LogP contribution < -0.4 is 11.3 Å². The summed E-state index contributed by atoms with van der Waals surface area (Å²) in [5.41, 5.74) is 3.06. The predicted octanol–water partition coefficient (Wildman–Crippen LogP) is 2.71. The number of methoxy groups -OCH3 is 1. The van der Waals surface area contributed by atoms with E-state index in [0.29, 0.717) is 12.0 Å². The minimum absolute atomic E-state index is 0.461. The largest absolute Gasteiger partial charge is 0.385 e. The summed E-state index contributed by atoms with van der Waals surface area (Å²) in [5.74, 6) is 8.07. The van der Waals surface area contributed by atoms with Gasteiger partial charge in [-0.1, -0.05) is 33.1 Å². The fourth-order valence-electron chi connectivity index (χ4n) is 3.20. The SMILES string of the molecule is CCC1CCC(C(NN)C(C)CCOC)CC1. The molecule has 1 fully saturated rings. The van der Waals surface area contributed by atoms with Crippen molar-refractivity contribution >= 4 is 0 Å². The van der Waals surface area contributed by atoms with Crippen LogP contribution >= 0.6 is 0 Å². The molecule has 0 aliphatic heterocycles. The standard InChI is InChI=1S/C14H30N2O/c1-4-12-5-7-13(8-6-12)14(16-15)11(2)9-10-17-3/h11-14,16H,4-10,15H2,1-3H3. The summed E-state index contributed by atoms with van der Waals surface area (Å²) in [6.45, 7) is 5.43. The Kier molecular flexibility index (Phi) is 7.09. The topological polar surface area (TPSA) is 47.3 Å². The molecule has 2 unspecified atom stereocenters. The highest BCUT2D eigenvalue weighted by molar-refractivity contribution is 4.83. The smallest absolute Gasteiger partial charge is 0.0465 e. The summed E-state index contributed by atoms with van der Waals surface area (Å²) in [6, 6.07) is 0.461. The van der Waals surface area contributed by atoms with Gasteiger partial charge in [0.15, 0.2) is 0 Å². The average molecular weight is 242 g/mol. The van der Waals surface area contributed by atoms with Crippen molar-refractivity contribution in [2.75, 3.05) is 13.7 Å². The predicted molar refractivity (Wildman–Crippen MR) is 72.5 cm³/mol. The van der Waals surface area contributed by atoms with Gasteiger partial charge in [0.05, 0.1) is 0 Å². The van der Waals surface area contributed by atoms with Gasteiger partial charge in [0.25, 0.3) is 0 Å². The second-order valence-electron chi connectivity index (χ2n) is 5.64. The van der Waals surface area contributed by atoms with Crippen LogP contribution in [0.4, 0.5) is 0 Å². The third-order valence-electron chi connectivity index (χ3n) is 4.56. The van der Waals surface area contributed by atoms with Crippen molar-refractivity contribution < 1.29 is 4.74 Å². The van der Waals surface area contributed by atoms with Crippen molar-refractivity contribution in [3.05, 3.63) is 0 Å². The molecular formula is C14H30N2O. The molecule has 1 rings (SSSR count). The van der Waals surface area contributed by atoms with E-state index in [1.807, 2.05) is 0 Å². The lowest BCUT2D eigenvalue weighted by molar-refractivity contribution is 0.138. The molecular weight excluding hydrogens is 212 g/mol. The molecule has 0 aromatic carbocycles. The van der Waals surface area contributed by atoms with E-state index in [1.54, 1.807) is 7.11 Å². The van der Waals surface area contributed by atoms with E-state index in [9.17, 15) is 0 Å². The van der Waals surface area contributed by atoms with Crippen LogP contribution in [0.1, 0.15) is 52.4 Å². The number of hydrogen-bond donors (Lipinski definition) is 2. The summed E-state index contributed by atoms with van der Waals surface area (Å²) in [7, 11) is 1.77. The maximum atomic E-state index is 5.75. The van der Waals surface area contributed by atoms with Gasteiger partial charge >= 0.3 is 0 Å². The second-order valence-corrected chi connectivity index (χ2v) is 5.64. The molecule has 0 spiro atoms. The molecule has 0 radical (unpaired) electrons. The van der Waals surface area contributed by atoms with E-state index in [2.05, 4.69) is 19.3 Å². The monoisotopic (exact) mass is 242 g/mol. The van der Waals surface area contributed by atoms with Crippen molar-refractivity contribution in [3.63, 3.8) is 0 Å². The third-order valence-corrected chi connectivity index (χ3v) is 4.56. The van der Waals surface area contributed by atoms with Crippen molar-refractivity contribution in [1.82, 2.24) is 5.43 Å². The summed E-state index contributed by atoms with van der Waals surface area (Å²) in [4.78, 5) is 0. The van der Waals surface area contributed by atoms with Crippen LogP contribution in [0.25, 0.3) is 0 Å². The summed E-state index contributed by atoms with van der Waals surface area (Å²) >= 11 is 0. The maximum Gasteiger partial charge on any atom is 0.0465 e. The van der Waals surface area contributed by atoms with Crippen LogP contribution in [-0.4, -0.2) is 19.8 Å². The zero-order chi connectivity index (χ0) is 12.7. The molecule has 1 aliphatic carbocycles. The van der Waals surface area contributed by atoms with Gasteiger partial charge in [-0.05, 0) is 37.0 Å². The summed E-state index contributed by atoms with van der Waals surface area (Å²) in [5, 5.41) is 0. The van der Waals surface area contributed by atoms with Gasteiger partial charge in [0.1, 0.15) is 0 Å². The van der Waals surface area contributed by atoms with Crippen LogP contribution in [-0.2, 0) is 4.74 Å². The second kappa shape index (κ2) is 8.06. The fraction of sp³-hybridized carbons (Fsp3) is 1.00. The number of hydrogen-bond acceptors (Lipinski definition) is 3. The zero-order valence-electron chi connectivity index (χ0n) is 11.7. The first-order valence-electron chi connectivity index (χ1n) is 7.17. The molecule has 0 aromatic rings. The van der Waals surface area contributed by atoms with Gasteiger partial charge in [-0.3, -0.25) is 11.3 Å². The van der Waals surface area contributed by atoms with Crippen LogP contribution in [0, 0.1) is 17.8 Å². The first-order valence-corrected chi connectivity index (χ1v) is 7.17. The number of hydrazine groups is 1. The molecule has 1 aliphatic rings. The molecule has 17 heavy (non-hydrogen) atoms. The number of rotatable bonds is 7. The van der Waals surface area contributed by atoms with E-state index in [-0.39, 0.29) is 0 Å². The molecule has 0 bridgehead atoms. The Morgan fingerprint density at radius 2 is 1.94 bits per heavy atom. The van der Waals surface area contributed by atoms with Crippen LogP contribution in [0.5, 0.6) is 0 Å². The van der Waals surface area contributed by atoms with Crippen molar-refractivity contribution in [2.45, 2.75) is 58.4 Å². The quantitative estimate of drug-likeness (QED) is 0.533. The van der Waals surface area contributed by atoms with E-state index in [4.69, 9.17) is 10.6 Å². The van der Waals surface area contributed by atoms with Gasteiger partial charge in [0, 0.05) is 19.8 Å². The Bertz CT molecular complexity index is 191. The molecule has 3 N–H and O–H groups in total. The Morgan fingerprint density at radius 3 is 2.41 bits per heavy atom. The Balaban J connectivity index is 2.39. The Morgan fingerprint density at radius 1 is 1.29 bits per heavy atom. The molecule has 1 saturated carbocycles. The molecule has 0 saturated heterocycles. The number of ether oxygens (including phenoxy) is 1. The molecule has 0 aromatic heterocycles. The number of nitrogens with two attached hydrogens (primary N) is 1.